The topological polar surface area (TPSA) is 77.8 Å². The number of carbonyl (C=O) groups is 1. The van der Waals surface area contributed by atoms with Crippen molar-refractivity contribution in [2.45, 2.75) is 44.2 Å². The number of nitrogens with one attached hydrogen (secondary N) is 1. The van der Waals surface area contributed by atoms with Crippen LogP contribution in [0.2, 0.25) is 0 Å². The van der Waals surface area contributed by atoms with Crippen molar-refractivity contribution in [1.29, 1.82) is 0 Å². The van der Waals surface area contributed by atoms with Crippen molar-refractivity contribution in [3.8, 4) is 0 Å². The van der Waals surface area contributed by atoms with Gasteiger partial charge < -0.3 is 10.0 Å². The first-order chi connectivity index (χ1) is 10.1. The number of aromatic nitrogens is 1. The first-order valence-corrected chi connectivity index (χ1v) is 7.88. The number of hydrogen-bond donors (Lipinski definition) is 2. The Hall–Kier alpha value is -1.63. The normalized spacial score (nSPS) is 24.6. The van der Waals surface area contributed by atoms with E-state index in [1.165, 1.54) is 0 Å². The summed E-state index contributed by atoms with van der Waals surface area (Å²) in [4.78, 5) is 17.2. The fourth-order valence-corrected chi connectivity index (χ4v) is 3.55. The molecule has 112 valence electrons. The summed E-state index contributed by atoms with van der Waals surface area (Å²) in [6.45, 7) is 0. The molecule has 6 nitrogen and oxygen atoms in total. The van der Waals surface area contributed by atoms with Crippen LogP contribution in [0.5, 0.6) is 0 Å². The number of amides is 1. The second kappa shape index (κ2) is 6.01. The van der Waals surface area contributed by atoms with E-state index >= 15 is 0 Å². The molecule has 1 amide bonds. The Morgan fingerprint density at radius 3 is 2.71 bits per heavy atom. The van der Waals surface area contributed by atoms with Gasteiger partial charge in [-0.3, -0.25) is 5.43 Å². The average molecular weight is 353 g/mol. The number of rotatable bonds is 2. The van der Waals surface area contributed by atoms with Gasteiger partial charge in [0.25, 0.3) is 0 Å². The van der Waals surface area contributed by atoms with Gasteiger partial charge >= 0.3 is 6.09 Å². The van der Waals surface area contributed by atoms with Crippen molar-refractivity contribution in [3.63, 3.8) is 0 Å². The Morgan fingerprint density at radius 1 is 1.38 bits per heavy atom. The highest BCUT2D eigenvalue weighted by molar-refractivity contribution is 9.10. The Kier molecular flexibility index (Phi) is 4.10. The lowest BCUT2D eigenvalue weighted by atomic mass is 9.84. The summed E-state index contributed by atoms with van der Waals surface area (Å²) in [5.41, 5.74) is 4.00. The summed E-state index contributed by atoms with van der Waals surface area (Å²) < 4.78 is 0.755. The molecule has 2 saturated heterocycles. The smallest absolute Gasteiger partial charge is 0.407 e. The molecule has 2 fully saturated rings. The van der Waals surface area contributed by atoms with Crippen molar-refractivity contribution >= 4 is 33.6 Å². The van der Waals surface area contributed by atoms with Crippen molar-refractivity contribution in [1.82, 2.24) is 9.88 Å². The molecule has 2 atom stereocenters. The van der Waals surface area contributed by atoms with E-state index in [9.17, 15) is 9.90 Å². The van der Waals surface area contributed by atoms with Gasteiger partial charge in [0.15, 0.2) is 0 Å². The van der Waals surface area contributed by atoms with Crippen LogP contribution in [0.3, 0.4) is 0 Å². The Morgan fingerprint density at radius 2 is 2.10 bits per heavy atom. The lowest BCUT2D eigenvalue weighted by Crippen LogP contribution is -2.54. The number of halogens is 1. The number of anilines is 1. The molecule has 2 aliphatic rings. The molecule has 0 radical (unpaired) electrons. The molecular formula is C14H17BrN4O2. The van der Waals surface area contributed by atoms with Crippen LogP contribution in [-0.4, -0.2) is 38.9 Å². The van der Waals surface area contributed by atoms with Crippen LogP contribution in [0.1, 0.15) is 32.1 Å². The van der Waals surface area contributed by atoms with Crippen LogP contribution in [0.25, 0.3) is 0 Å². The zero-order valence-corrected chi connectivity index (χ0v) is 13.1. The zero-order chi connectivity index (χ0) is 14.8. The van der Waals surface area contributed by atoms with Crippen molar-refractivity contribution in [3.05, 3.63) is 22.8 Å². The molecule has 0 aromatic carbocycles. The maximum absolute atomic E-state index is 11.3. The minimum Gasteiger partial charge on any atom is -0.465 e. The quantitative estimate of drug-likeness (QED) is 0.632. The fraction of sp³-hybridized carbons (Fsp3) is 0.500. The number of carboxylic acid groups (broad SMARTS) is 1. The lowest BCUT2D eigenvalue weighted by molar-refractivity contribution is 0.0676. The van der Waals surface area contributed by atoms with Gasteiger partial charge in [0.2, 0.25) is 0 Å². The van der Waals surface area contributed by atoms with E-state index in [0.717, 1.165) is 29.6 Å². The van der Waals surface area contributed by atoms with Crippen LogP contribution in [-0.2, 0) is 0 Å². The summed E-state index contributed by atoms with van der Waals surface area (Å²) >= 11 is 3.32. The summed E-state index contributed by atoms with van der Waals surface area (Å²) in [7, 11) is 0. The van der Waals surface area contributed by atoms with Gasteiger partial charge in [-0.25, -0.2) is 9.78 Å². The molecule has 0 aliphatic carbocycles. The van der Waals surface area contributed by atoms with Crippen molar-refractivity contribution < 1.29 is 9.90 Å². The molecule has 7 heteroatoms. The van der Waals surface area contributed by atoms with Gasteiger partial charge in [0, 0.05) is 30.6 Å². The van der Waals surface area contributed by atoms with Crippen LogP contribution in [0, 0.1) is 0 Å². The molecule has 3 rings (SSSR count). The molecular weight excluding hydrogens is 336 g/mol. The molecule has 2 bridgehead atoms. The highest BCUT2D eigenvalue weighted by Crippen LogP contribution is 2.32. The Labute approximate surface area is 131 Å². The summed E-state index contributed by atoms with van der Waals surface area (Å²) in [5.74, 6) is 0.683. The fourth-order valence-electron chi connectivity index (χ4n) is 3.20. The monoisotopic (exact) mass is 352 g/mol. The molecule has 21 heavy (non-hydrogen) atoms. The number of pyridine rings is 1. The summed E-state index contributed by atoms with van der Waals surface area (Å²) in [5, 5.41) is 13.8. The zero-order valence-electron chi connectivity index (χ0n) is 11.5. The maximum atomic E-state index is 11.3. The molecule has 3 heterocycles. The number of nitrogens with zero attached hydrogens (tertiary/aromatic N) is 3. The Bertz CT molecular complexity index is 562. The van der Waals surface area contributed by atoms with Gasteiger partial charge in [0.05, 0.1) is 0 Å². The predicted octanol–water partition coefficient (Wildman–Crippen LogP) is 3.31. The molecule has 1 aromatic heterocycles. The molecule has 1 aromatic rings. The predicted molar refractivity (Wildman–Crippen MR) is 83.5 cm³/mol. The van der Waals surface area contributed by atoms with E-state index in [2.05, 4.69) is 31.4 Å². The number of hydrazone groups is 1. The number of hydrogen-bond acceptors (Lipinski definition) is 4. The van der Waals surface area contributed by atoms with E-state index in [4.69, 9.17) is 0 Å². The first kappa shape index (κ1) is 14.3. The van der Waals surface area contributed by atoms with E-state index in [1.54, 1.807) is 4.90 Å². The standard InChI is InChI=1S/C14H17BrN4O2/c15-12-5-2-6-13(16-12)18-17-9-7-10-3-1-4-11(8-9)19(10)14(20)21/h2,5-6,10-11H,1,3-4,7-8H2,(H,16,18)(H,20,21). The highest BCUT2D eigenvalue weighted by atomic mass is 79.9. The Balaban J connectivity index is 1.70. The van der Waals surface area contributed by atoms with E-state index in [-0.39, 0.29) is 12.1 Å². The molecule has 2 N–H and O–H groups in total. The van der Waals surface area contributed by atoms with E-state index < -0.39 is 6.09 Å². The number of piperidine rings is 2. The lowest BCUT2D eigenvalue weighted by Gasteiger charge is -2.44. The van der Waals surface area contributed by atoms with Gasteiger partial charge in [-0.2, -0.15) is 5.10 Å². The van der Waals surface area contributed by atoms with E-state index in [0.29, 0.717) is 18.7 Å². The third-order valence-corrected chi connectivity index (χ3v) is 4.51. The second-order valence-electron chi connectivity index (χ2n) is 5.47. The molecule has 2 aliphatic heterocycles. The van der Waals surface area contributed by atoms with Gasteiger partial charge in [0.1, 0.15) is 10.4 Å². The van der Waals surface area contributed by atoms with Crippen molar-refractivity contribution in [2.75, 3.05) is 5.43 Å². The maximum Gasteiger partial charge on any atom is 0.407 e. The van der Waals surface area contributed by atoms with Gasteiger partial charge in [-0.1, -0.05) is 6.07 Å². The van der Waals surface area contributed by atoms with Crippen LogP contribution in [0.15, 0.2) is 27.9 Å². The summed E-state index contributed by atoms with van der Waals surface area (Å²) in [6.07, 6.45) is 3.58. The third-order valence-electron chi connectivity index (χ3n) is 4.07. The van der Waals surface area contributed by atoms with E-state index in [1.807, 2.05) is 18.2 Å². The van der Waals surface area contributed by atoms with Gasteiger partial charge in [-0.15, -0.1) is 0 Å². The highest BCUT2D eigenvalue weighted by Gasteiger charge is 2.39. The minimum atomic E-state index is -0.801. The summed E-state index contributed by atoms with van der Waals surface area (Å²) in [6, 6.07) is 5.74. The van der Waals surface area contributed by atoms with Crippen molar-refractivity contribution in [2.24, 2.45) is 5.10 Å². The first-order valence-electron chi connectivity index (χ1n) is 7.09. The van der Waals surface area contributed by atoms with Crippen LogP contribution >= 0.6 is 15.9 Å². The SMILES string of the molecule is O=C(O)N1C2CCCC1CC(=NNc1cccc(Br)n1)C2. The average Bonchev–Trinajstić information content (AvgIpc) is 2.44. The van der Waals surface area contributed by atoms with Crippen LogP contribution < -0.4 is 5.43 Å². The largest absolute Gasteiger partial charge is 0.465 e. The number of fused-ring (bicyclic) bond motifs is 2. The molecule has 2 unspecified atom stereocenters. The molecule has 0 saturated carbocycles. The second-order valence-corrected chi connectivity index (χ2v) is 6.28. The van der Waals surface area contributed by atoms with Gasteiger partial charge in [-0.05, 0) is 47.3 Å². The van der Waals surface area contributed by atoms with Crippen LogP contribution in [0.4, 0.5) is 10.6 Å². The molecule has 0 spiro atoms. The minimum absolute atomic E-state index is 0.0750. The third kappa shape index (κ3) is 3.18.